The summed E-state index contributed by atoms with van der Waals surface area (Å²) >= 11 is 0. The van der Waals surface area contributed by atoms with Crippen molar-refractivity contribution < 1.29 is 19.2 Å². The molecule has 0 radical (unpaired) electrons. The Balaban J connectivity index is 1.08. The van der Waals surface area contributed by atoms with Gasteiger partial charge in [0.05, 0.1) is 5.69 Å². The predicted octanol–water partition coefficient (Wildman–Crippen LogP) is 5.95. The highest BCUT2D eigenvalue weighted by molar-refractivity contribution is 5.82. The van der Waals surface area contributed by atoms with Crippen LogP contribution in [-0.2, 0) is 21.7 Å². The molecule has 1 aliphatic heterocycles. The van der Waals surface area contributed by atoms with Gasteiger partial charge >= 0.3 is 5.97 Å². The molecule has 0 amide bonds. The summed E-state index contributed by atoms with van der Waals surface area (Å²) in [7, 11) is 0. The van der Waals surface area contributed by atoms with Crippen LogP contribution in [0.3, 0.4) is 0 Å². The third-order valence-corrected chi connectivity index (χ3v) is 9.20. The number of fused-ring (bicyclic) bond motifs is 1. The van der Waals surface area contributed by atoms with Crippen molar-refractivity contribution in [1.82, 2.24) is 10.1 Å². The van der Waals surface area contributed by atoms with Crippen LogP contribution in [0.5, 0.6) is 0 Å². The summed E-state index contributed by atoms with van der Waals surface area (Å²) in [6.45, 7) is 2.70. The lowest BCUT2D eigenvalue weighted by Gasteiger charge is -2.45. The highest BCUT2D eigenvalue weighted by atomic mass is 16.6. The average molecular weight is 515 g/mol. The first-order valence-electron chi connectivity index (χ1n) is 14.3. The molecule has 2 saturated carbocycles. The lowest BCUT2D eigenvalue weighted by molar-refractivity contribution is -0.194. The Morgan fingerprint density at radius 3 is 2.45 bits per heavy atom. The molecule has 6 rings (SSSR count). The van der Waals surface area contributed by atoms with Crippen molar-refractivity contribution in [3.63, 3.8) is 0 Å². The zero-order valence-corrected chi connectivity index (χ0v) is 22.0. The van der Waals surface area contributed by atoms with Crippen molar-refractivity contribution in [2.24, 2.45) is 17.8 Å². The van der Waals surface area contributed by atoms with E-state index in [1.165, 1.54) is 6.42 Å². The molecule has 38 heavy (non-hydrogen) atoms. The summed E-state index contributed by atoms with van der Waals surface area (Å²) in [4.78, 5) is 16.1. The maximum atomic E-state index is 13.7. The Morgan fingerprint density at radius 2 is 1.68 bits per heavy atom. The number of hydrogen-bond acceptors (Lipinski definition) is 6. The van der Waals surface area contributed by atoms with Crippen LogP contribution >= 0.6 is 0 Å². The van der Waals surface area contributed by atoms with E-state index in [4.69, 9.17) is 9.26 Å². The van der Waals surface area contributed by atoms with E-state index in [0.717, 1.165) is 81.6 Å². The molecule has 6 nitrogen and oxygen atoms in total. The second-order valence-corrected chi connectivity index (χ2v) is 11.5. The van der Waals surface area contributed by atoms with Gasteiger partial charge in [0.25, 0.3) is 0 Å². The van der Waals surface area contributed by atoms with Gasteiger partial charge in [-0.2, -0.15) is 0 Å². The predicted molar refractivity (Wildman–Crippen MR) is 145 cm³/mol. The first kappa shape index (κ1) is 25.3. The van der Waals surface area contributed by atoms with E-state index < -0.39 is 11.6 Å². The first-order valence-corrected chi connectivity index (χ1v) is 14.3. The van der Waals surface area contributed by atoms with Crippen LogP contribution in [-0.4, -0.2) is 40.3 Å². The maximum absolute atomic E-state index is 13.7. The van der Waals surface area contributed by atoms with E-state index in [1.54, 1.807) is 0 Å². The number of rotatable bonds is 7. The average Bonchev–Trinajstić information content (AvgIpc) is 3.37. The van der Waals surface area contributed by atoms with Gasteiger partial charge < -0.3 is 14.4 Å². The monoisotopic (exact) mass is 514 g/mol. The molecule has 1 aromatic heterocycles. The Morgan fingerprint density at radius 1 is 0.974 bits per heavy atom. The van der Waals surface area contributed by atoms with Gasteiger partial charge in [-0.25, -0.2) is 4.79 Å². The number of nitrogens with zero attached hydrogens (tertiary/aromatic N) is 2. The summed E-state index contributed by atoms with van der Waals surface area (Å²) in [5.41, 5.74) is 1.09. The number of hydrogen-bond donors (Lipinski definition) is 1. The second-order valence-electron chi connectivity index (χ2n) is 11.5. The summed E-state index contributed by atoms with van der Waals surface area (Å²) < 4.78 is 11.8. The summed E-state index contributed by atoms with van der Waals surface area (Å²) in [5, 5.41) is 16.2. The van der Waals surface area contributed by atoms with Gasteiger partial charge in [0.15, 0.2) is 11.4 Å². The topological polar surface area (TPSA) is 75.8 Å². The fourth-order valence-electron chi connectivity index (χ4n) is 6.91. The second kappa shape index (κ2) is 11.0. The minimum atomic E-state index is -1.56. The van der Waals surface area contributed by atoms with Crippen molar-refractivity contribution in [2.45, 2.75) is 69.6 Å². The van der Waals surface area contributed by atoms with Crippen LogP contribution in [0.4, 0.5) is 0 Å². The van der Waals surface area contributed by atoms with Crippen LogP contribution in [0.1, 0.15) is 62.6 Å². The van der Waals surface area contributed by atoms with E-state index in [1.807, 2.05) is 66.7 Å². The molecule has 2 unspecified atom stereocenters. The third kappa shape index (κ3) is 5.04. The highest BCUT2D eigenvalue weighted by Crippen LogP contribution is 2.46. The van der Waals surface area contributed by atoms with Crippen LogP contribution in [0.15, 0.2) is 71.3 Å². The maximum Gasteiger partial charge on any atom is 0.343 e. The Bertz CT molecular complexity index is 1210. The number of aromatic nitrogens is 1. The third-order valence-electron chi connectivity index (χ3n) is 9.20. The smallest absolute Gasteiger partial charge is 0.343 e. The minimum absolute atomic E-state index is 0.0881. The van der Waals surface area contributed by atoms with Crippen molar-refractivity contribution >= 4 is 5.97 Å². The number of esters is 1. The van der Waals surface area contributed by atoms with E-state index >= 15 is 0 Å². The first-order chi connectivity index (χ1) is 18.6. The van der Waals surface area contributed by atoms with E-state index in [0.29, 0.717) is 17.4 Å². The molecular weight excluding hydrogens is 476 g/mol. The van der Waals surface area contributed by atoms with Crippen LogP contribution < -0.4 is 0 Å². The van der Waals surface area contributed by atoms with E-state index in [-0.39, 0.29) is 12.0 Å². The molecule has 2 heterocycles. The molecular formula is C32H38N2O4. The van der Waals surface area contributed by atoms with Crippen LogP contribution in [0, 0.1) is 17.8 Å². The van der Waals surface area contributed by atoms with E-state index in [9.17, 15) is 9.90 Å². The molecule has 4 atom stereocenters. The van der Waals surface area contributed by atoms with Crippen molar-refractivity contribution in [3.8, 4) is 11.3 Å². The molecule has 2 aliphatic carbocycles. The molecule has 3 aromatic rings. The number of benzene rings is 2. The van der Waals surface area contributed by atoms with Crippen LogP contribution in [0.2, 0.25) is 0 Å². The van der Waals surface area contributed by atoms with Crippen molar-refractivity contribution in [2.75, 3.05) is 13.1 Å². The van der Waals surface area contributed by atoms with Crippen molar-refractivity contribution in [1.29, 1.82) is 0 Å². The van der Waals surface area contributed by atoms with Crippen molar-refractivity contribution in [3.05, 3.63) is 78.0 Å². The Labute approximate surface area is 225 Å². The Kier molecular flexibility index (Phi) is 7.35. The SMILES string of the molecule is O=C(O[C@H]1CC2CCN(Cc3cc(-c4ccccc4)on3)CCC21)[C@](O)(c1ccccc1)C1CCCCC1. The molecule has 0 spiro atoms. The summed E-state index contributed by atoms with van der Waals surface area (Å²) in [6.07, 6.45) is 7.85. The largest absolute Gasteiger partial charge is 0.460 e. The molecule has 1 N–H and O–H groups in total. The fraction of sp³-hybridized carbons (Fsp3) is 0.500. The lowest BCUT2D eigenvalue weighted by Crippen LogP contribution is -2.51. The normalized spacial score (nSPS) is 26.0. The molecule has 0 bridgehead atoms. The molecule has 3 fully saturated rings. The van der Waals surface area contributed by atoms with Gasteiger partial charge in [0.1, 0.15) is 6.10 Å². The Hall–Kier alpha value is -2.96. The van der Waals surface area contributed by atoms with Gasteiger partial charge in [0.2, 0.25) is 0 Å². The zero-order chi connectivity index (χ0) is 26.0. The number of carbonyl (C=O) groups is 1. The fourth-order valence-corrected chi connectivity index (χ4v) is 6.91. The standard InChI is InChI=1S/C32H38N2O4/c35-31(32(36,25-12-6-2-7-13-25)26-14-8-3-9-15-26)37-30-20-24-16-18-34(19-17-28(24)30)22-27-21-29(38-33-27)23-10-4-1-5-11-23/h1-2,4-7,10-13,21,24,26,28,30,36H,3,8-9,14-20,22H2/t24?,28?,30-,32-/m0/s1. The van der Waals surface area contributed by atoms with E-state index in [2.05, 4.69) is 10.1 Å². The molecule has 6 heteroatoms. The number of likely N-dealkylation sites (tertiary alicyclic amines) is 1. The molecule has 3 aliphatic rings. The quantitative estimate of drug-likeness (QED) is 0.393. The zero-order valence-electron chi connectivity index (χ0n) is 22.0. The van der Waals surface area contributed by atoms with Gasteiger partial charge in [-0.15, -0.1) is 0 Å². The molecule has 2 aromatic carbocycles. The summed E-state index contributed by atoms with van der Waals surface area (Å²) in [5.74, 6) is 1.18. The van der Waals surface area contributed by atoms with Gasteiger partial charge in [-0.3, -0.25) is 4.90 Å². The van der Waals surface area contributed by atoms with Crippen LogP contribution in [0.25, 0.3) is 11.3 Å². The number of aliphatic hydroxyl groups is 1. The minimum Gasteiger partial charge on any atom is -0.460 e. The highest BCUT2D eigenvalue weighted by Gasteiger charge is 2.51. The lowest BCUT2D eigenvalue weighted by atomic mass is 9.68. The molecule has 200 valence electrons. The molecule has 1 saturated heterocycles. The summed E-state index contributed by atoms with van der Waals surface area (Å²) in [6, 6.07) is 21.6. The van der Waals surface area contributed by atoms with Gasteiger partial charge in [-0.05, 0) is 56.7 Å². The van der Waals surface area contributed by atoms with Gasteiger partial charge in [-0.1, -0.05) is 85.1 Å². The van der Waals surface area contributed by atoms with Gasteiger partial charge in [0, 0.05) is 30.0 Å². The number of ether oxygens (including phenoxy) is 1. The number of carbonyl (C=O) groups excluding carboxylic acids is 1.